The van der Waals surface area contributed by atoms with Gasteiger partial charge in [-0.2, -0.15) is 0 Å². The number of amides is 2. The predicted molar refractivity (Wildman–Crippen MR) is 132 cm³/mol. The SMILES string of the molecule is COc1cc(NC(=O)c2ccccc2C)ccc1C(=O)N1c2ccccc2CCCC1C=C=O. The van der Waals surface area contributed by atoms with Crippen LogP contribution in [0, 0.1) is 6.92 Å². The van der Waals surface area contributed by atoms with E-state index in [1.165, 1.54) is 13.2 Å². The van der Waals surface area contributed by atoms with Gasteiger partial charge in [0.2, 0.25) is 0 Å². The van der Waals surface area contributed by atoms with E-state index in [1.807, 2.05) is 55.3 Å². The molecule has 2 amide bonds. The van der Waals surface area contributed by atoms with Gasteiger partial charge in [-0.15, -0.1) is 0 Å². The lowest BCUT2D eigenvalue weighted by Gasteiger charge is -2.29. The molecule has 1 heterocycles. The van der Waals surface area contributed by atoms with Crippen molar-refractivity contribution in [2.24, 2.45) is 0 Å². The Morgan fingerprint density at radius 1 is 1.06 bits per heavy atom. The van der Waals surface area contributed by atoms with Crippen LogP contribution in [0.2, 0.25) is 0 Å². The highest BCUT2D eigenvalue weighted by atomic mass is 16.5. The minimum absolute atomic E-state index is 0.239. The fourth-order valence-corrected chi connectivity index (χ4v) is 4.36. The molecular formula is C28H26N2O4. The van der Waals surface area contributed by atoms with Crippen LogP contribution in [0.1, 0.15) is 44.7 Å². The van der Waals surface area contributed by atoms with Gasteiger partial charge in [-0.25, -0.2) is 4.79 Å². The number of ether oxygens (including phenoxy) is 1. The highest BCUT2D eigenvalue weighted by Crippen LogP contribution is 2.34. The Balaban J connectivity index is 1.68. The zero-order valence-electron chi connectivity index (χ0n) is 19.2. The summed E-state index contributed by atoms with van der Waals surface area (Å²) in [7, 11) is 1.48. The number of carbonyl (C=O) groups excluding carboxylic acids is 3. The summed E-state index contributed by atoms with van der Waals surface area (Å²) in [5.74, 6) is 1.68. The largest absolute Gasteiger partial charge is 0.496 e. The van der Waals surface area contributed by atoms with E-state index in [4.69, 9.17) is 4.74 Å². The molecule has 34 heavy (non-hydrogen) atoms. The number of hydrogen-bond acceptors (Lipinski definition) is 4. The third-order valence-electron chi connectivity index (χ3n) is 6.09. The number of anilines is 2. The molecule has 1 N–H and O–H groups in total. The lowest BCUT2D eigenvalue weighted by molar-refractivity contribution is 0.0976. The molecule has 172 valence electrons. The minimum Gasteiger partial charge on any atom is -0.496 e. The van der Waals surface area contributed by atoms with Crippen molar-refractivity contribution in [3.05, 3.63) is 95.1 Å². The summed E-state index contributed by atoms with van der Waals surface area (Å²) in [5.41, 5.74) is 4.14. The Bertz CT molecular complexity index is 1280. The molecule has 0 aliphatic carbocycles. The first-order valence-corrected chi connectivity index (χ1v) is 11.2. The van der Waals surface area contributed by atoms with E-state index in [1.54, 1.807) is 29.2 Å². The molecule has 1 atom stereocenters. The second-order valence-electron chi connectivity index (χ2n) is 8.23. The first kappa shape index (κ1) is 23.0. The molecular weight excluding hydrogens is 428 g/mol. The van der Waals surface area contributed by atoms with Crippen molar-refractivity contribution < 1.29 is 19.1 Å². The molecule has 0 radical (unpaired) electrons. The maximum absolute atomic E-state index is 13.8. The Kier molecular flexibility index (Phi) is 6.90. The van der Waals surface area contributed by atoms with Crippen molar-refractivity contribution in [3.8, 4) is 5.75 Å². The monoisotopic (exact) mass is 454 g/mol. The molecule has 0 spiro atoms. The summed E-state index contributed by atoms with van der Waals surface area (Å²) in [5, 5.41) is 2.87. The number of methoxy groups -OCH3 is 1. The Labute approximate surface area is 198 Å². The van der Waals surface area contributed by atoms with Crippen LogP contribution < -0.4 is 15.0 Å². The van der Waals surface area contributed by atoms with E-state index in [0.29, 0.717) is 29.0 Å². The van der Waals surface area contributed by atoms with E-state index in [0.717, 1.165) is 29.7 Å². The number of fused-ring (bicyclic) bond motifs is 1. The molecule has 0 aromatic heterocycles. The van der Waals surface area contributed by atoms with Crippen molar-refractivity contribution in [1.29, 1.82) is 0 Å². The van der Waals surface area contributed by atoms with Gasteiger partial charge in [0.25, 0.3) is 11.8 Å². The van der Waals surface area contributed by atoms with Crippen LogP contribution in [0.3, 0.4) is 0 Å². The zero-order valence-corrected chi connectivity index (χ0v) is 19.2. The molecule has 3 aromatic carbocycles. The van der Waals surface area contributed by atoms with Gasteiger partial charge >= 0.3 is 0 Å². The highest BCUT2D eigenvalue weighted by Gasteiger charge is 2.30. The van der Waals surface area contributed by atoms with Crippen molar-refractivity contribution in [3.63, 3.8) is 0 Å². The van der Waals surface area contributed by atoms with Gasteiger partial charge in [-0.1, -0.05) is 36.4 Å². The fraction of sp³-hybridized carbons (Fsp3) is 0.214. The average Bonchev–Trinajstić information content (AvgIpc) is 3.03. The Hall–Kier alpha value is -4.15. The van der Waals surface area contributed by atoms with Crippen LogP contribution in [0.5, 0.6) is 5.75 Å². The summed E-state index contributed by atoms with van der Waals surface area (Å²) in [6.07, 6.45) is 3.74. The van der Waals surface area contributed by atoms with Gasteiger partial charge in [0.15, 0.2) is 0 Å². The molecule has 4 rings (SSSR count). The first-order chi connectivity index (χ1) is 16.5. The molecule has 0 fully saturated rings. The summed E-state index contributed by atoms with van der Waals surface area (Å²) in [6.45, 7) is 1.88. The van der Waals surface area contributed by atoms with Crippen LogP contribution in [-0.2, 0) is 11.2 Å². The smallest absolute Gasteiger partial charge is 0.262 e. The Morgan fingerprint density at radius 3 is 2.59 bits per heavy atom. The van der Waals surface area contributed by atoms with E-state index in [-0.39, 0.29) is 11.8 Å². The highest BCUT2D eigenvalue weighted by molar-refractivity contribution is 6.10. The van der Waals surface area contributed by atoms with Crippen molar-refractivity contribution in [2.45, 2.75) is 32.2 Å². The molecule has 6 nitrogen and oxygen atoms in total. The third kappa shape index (κ3) is 4.63. The number of hydrogen-bond donors (Lipinski definition) is 1. The lowest BCUT2D eigenvalue weighted by Crippen LogP contribution is -2.39. The quantitative estimate of drug-likeness (QED) is 0.551. The van der Waals surface area contributed by atoms with Gasteiger partial charge in [0, 0.05) is 29.1 Å². The molecule has 1 aliphatic heterocycles. The zero-order chi connectivity index (χ0) is 24.1. The number of carbonyl (C=O) groups is 2. The van der Waals surface area contributed by atoms with Crippen molar-refractivity contribution in [2.75, 3.05) is 17.3 Å². The molecule has 1 unspecified atom stereocenters. The summed E-state index contributed by atoms with van der Waals surface area (Å²) < 4.78 is 5.54. The maximum Gasteiger partial charge on any atom is 0.262 e. The summed E-state index contributed by atoms with van der Waals surface area (Å²) >= 11 is 0. The van der Waals surface area contributed by atoms with E-state index >= 15 is 0 Å². The van der Waals surface area contributed by atoms with E-state index in [2.05, 4.69) is 5.32 Å². The van der Waals surface area contributed by atoms with Crippen LogP contribution >= 0.6 is 0 Å². The topological polar surface area (TPSA) is 75.7 Å². The fourth-order valence-electron chi connectivity index (χ4n) is 4.36. The Morgan fingerprint density at radius 2 is 1.82 bits per heavy atom. The van der Waals surface area contributed by atoms with E-state index in [9.17, 15) is 14.4 Å². The number of nitrogens with one attached hydrogen (secondary N) is 1. The number of benzene rings is 3. The molecule has 1 aliphatic rings. The van der Waals surface area contributed by atoms with Gasteiger partial charge in [-0.05, 0) is 61.6 Å². The second-order valence-corrected chi connectivity index (χ2v) is 8.23. The van der Waals surface area contributed by atoms with Crippen molar-refractivity contribution in [1.82, 2.24) is 0 Å². The number of aryl methyl sites for hydroxylation is 2. The van der Waals surface area contributed by atoms with Gasteiger partial charge in [0.05, 0.1) is 18.7 Å². The second kappa shape index (κ2) is 10.2. The van der Waals surface area contributed by atoms with Crippen molar-refractivity contribution >= 4 is 29.1 Å². The average molecular weight is 455 g/mol. The summed E-state index contributed by atoms with van der Waals surface area (Å²) in [4.78, 5) is 39.4. The summed E-state index contributed by atoms with van der Waals surface area (Å²) in [6, 6.07) is 19.6. The maximum atomic E-state index is 13.8. The predicted octanol–water partition coefficient (Wildman–Crippen LogP) is 5.00. The third-order valence-corrected chi connectivity index (χ3v) is 6.09. The minimum atomic E-state index is -0.404. The molecule has 0 bridgehead atoms. The lowest BCUT2D eigenvalue weighted by atomic mass is 10.1. The van der Waals surface area contributed by atoms with Gasteiger partial charge in [0.1, 0.15) is 11.7 Å². The van der Waals surface area contributed by atoms with Crippen LogP contribution in [0.25, 0.3) is 0 Å². The molecule has 6 heteroatoms. The van der Waals surface area contributed by atoms with Gasteiger partial charge in [-0.3, -0.25) is 9.59 Å². The molecule has 0 saturated carbocycles. The van der Waals surface area contributed by atoms with Gasteiger partial charge < -0.3 is 15.0 Å². The number of nitrogens with zero attached hydrogens (tertiary/aromatic N) is 1. The standard InChI is InChI=1S/C28H26N2O4/c1-19-8-3-5-12-23(19)27(32)29-21-14-15-24(26(18-21)34-2)28(33)30-22(16-17-31)11-7-10-20-9-4-6-13-25(20)30/h3-6,8-9,12-16,18,22H,7,10-11H2,1-2H3,(H,29,32). The normalized spacial score (nSPS) is 14.9. The van der Waals surface area contributed by atoms with Crippen LogP contribution in [-0.4, -0.2) is 30.9 Å². The van der Waals surface area contributed by atoms with Crippen LogP contribution in [0.4, 0.5) is 11.4 Å². The molecule has 3 aromatic rings. The number of rotatable bonds is 5. The molecule has 0 saturated heterocycles. The first-order valence-electron chi connectivity index (χ1n) is 11.2. The van der Waals surface area contributed by atoms with E-state index < -0.39 is 6.04 Å². The van der Waals surface area contributed by atoms with Crippen LogP contribution in [0.15, 0.2) is 72.8 Å². The number of para-hydroxylation sites is 1.